The Hall–Kier alpha value is -1.20. The molecule has 4 nitrogen and oxygen atoms in total. The van der Waals surface area contributed by atoms with Gasteiger partial charge < -0.3 is 15.8 Å². The lowest BCUT2D eigenvalue weighted by Gasteiger charge is -2.22. The third-order valence-electron chi connectivity index (χ3n) is 3.67. The van der Waals surface area contributed by atoms with Crippen LogP contribution < -0.4 is 11.1 Å². The molecule has 1 aromatic heterocycles. The Morgan fingerprint density at radius 3 is 2.84 bits per heavy atom. The van der Waals surface area contributed by atoms with Gasteiger partial charge in [0.1, 0.15) is 10.8 Å². The number of ether oxygens (including phenoxy) is 1. The lowest BCUT2D eigenvalue weighted by Crippen LogP contribution is -2.31. The summed E-state index contributed by atoms with van der Waals surface area (Å²) in [4.78, 5) is 4.94. The molecule has 1 aliphatic rings. The molecule has 1 aliphatic carbocycles. The number of nitrogens with zero attached hydrogens (tertiary/aromatic N) is 1. The van der Waals surface area contributed by atoms with Crippen molar-refractivity contribution in [3.05, 3.63) is 22.9 Å². The molecule has 19 heavy (non-hydrogen) atoms. The molecule has 2 atom stereocenters. The van der Waals surface area contributed by atoms with Gasteiger partial charge in [0.15, 0.2) is 0 Å². The van der Waals surface area contributed by atoms with Crippen molar-refractivity contribution >= 4 is 23.0 Å². The van der Waals surface area contributed by atoms with Crippen molar-refractivity contribution < 1.29 is 4.74 Å². The second-order valence-electron chi connectivity index (χ2n) is 5.12. The van der Waals surface area contributed by atoms with Gasteiger partial charge in [0, 0.05) is 12.8 Å². The minimum Gasteiger partial charge on any atom is -0.389 e. The number of aryl methyl sites for hydroxylation is 2. The Kier molecular flexibility index (Phi) is 4.37. The number of hydrogen-bond donors (Lipinski definition) is 2. The molecule has 1 saturated carbocycles. The molecular formula is C14H21N3OS. The van der Waals surface area contributed by atoms with Crippen LogP contribution in [-0.2, 0) is 4.74 Å². The zero-order valence-corrected chi connectivity index (χ0v) is 12.5. The van der Waals surface area contributed by atoms with Crippen LogP contribution in [0.25, 0.3) is 0 Å². The van der Waals surface area contributed by atoms with E-state index in [-0.39, 0.29) is 12.1 Å². The zero-order valence-electron chi connectivity index (χ0n) is 11.7. The van der Waals surface area contributed by atoms with Gasteiger partial charge in [-0.25, -0.2) is 4.98 Å². The van der Waals surface area contributed by atoms with Crippen LogP contribution in [0.2, 0.25) is 0 Å². The monoisotopic (exact) mass is 279 g/mol. The highest BCUT2D eigenvalue weighted by atomic mass is 32.1. The number of nitrogens with one attached hydrogen (secondary N) is 1. The summed E-state index contributed by atoms with van der Waals surface area (Å²) in [6.45, 7) is 3.99. The van der Waals surface area contributed by atoms with Crippen LogP contribution >= 0.6 is 12.2 Å². The molecule has 2 rings (SSSR count). The molecule has 1 aromatic rings. The minimum atomic E-state index is 0.238. The topological polar surface area (TPSA) is 60.2 Å². The van der Waals surface area contributed by atoms with Gasteiger partial charge in [0.2, 0.25) is 0 Å². The van der Waals surface area contributed by atoms with Crippen molar-refractivity contribution in [2.45, 2.75) is 45.3 Å². The van der Waals surface area contributed by atoms with Crippen molar-refractivity contribution in [1.29, 1.82) is 0 Å². The van der Waals surface area contributed by atoms with Crippen molar-refractivity contribution in [2.75, 3.05) is 12.4 Å². The van der Waals surface area contributed by atoms with Crippen molar-refractivity contribution in [3.8, 4) is 0 Å². The summed E-state index contributed by atoms with van der Waals surface area (Å²) in [6.07, 6.45) is 3.58. The highest BCUT2D eigenvalue weighted by molar-refractivity contribution is 7.80. The molecule has 0 bridgehead atoms. The molecule has 2 unspecified atom stereocenters. The molecule has 0 saturated heterocycles. The first-order valence-electron chi connectivity index (χ1n) is 6.60. The van der Waals surface area contributed by atoms with E-state index in [0.29, 0.717) is 4.99 Å². The van der Waals surface area contributed by atoms with Crippen molar-refractivity contribution in [1.82, 2.24) is 4.98 Å². The van der Waals surface area contributed by atoms with E-state index in [1.807, 2.05) is 19.9 Å². The van der Waals surface area contributed by atoms with E-state index in [1.165, 1.54) is 6.42 Å². The van der Waals surface area contributed by atoms with E-state index in [0.717, 1.165) is 35.5 Å². The van der Waals surface area contributed by atoms with Gasteiger partial charge in [-0.15, -0.1) is 0 Å². The quantitative estimate of drug-likeness (QED) is 0.828. The Morgan fingerprint density at radius 2 is 2.21 bits per heavy atom. The SMILES string of the molecule is COC1CCCC1Nc1nc(C)cc(C)c1C(N)=S. The van der Waals surface area contributed by atoms with Gasteiger partial charge in [-0.1, -0.05) is 12.2 Å². The molecule has 0 amide bonds. The molecule has 0 radical (unpaired) electrons. The van der Waals surface area contributed by atoms with Crippen LogP contribution in [0.4, 0.5) is 5.82 Å². The van der Waals surface area contributed by atoms with Crippen LogP contribution in [0.3, 0.4) is 0 Å². The lowest BCUT2D eigenvalue weighted by atomic mass is 10.1. The maximum atomic E-state index is 5.83. The molecule has 1 fully saturated rings. The molecule has 0 aliphatic heterocycles. The molecule has 5 heteroatoms. The van der Waals surface area contributed by atoms with Gasteiger partial charge in [-0.05, 0) is 44.7 Å². The van der Waals surface area contributed by atoms with Crippen LogP contribution in [-0.4, -0.2) is 29.2 Å². The predicted octanol–water partition coefficient (Wildman–Crippen LogP) is 2.31. The van der Waals surface area contributed by atoms with Gasteiger partial charge in [0.25, 0.3) is 0 Å². The molecule has 3 N–H and O–H groups in total. The fraction of sp³-hybridized carbons (Fsp3) is 0.571. The van der Waals surface area contributed by atoms with Gasteiger partial charge in [-0.2, -0.15) is 0 Å². The van der Waals surface area contributed by atoms with Crippen LogP contribution in [0.15, 0.2) is 6.07 Å². The van der Waals surface area contributed by atoms with E-state index in [1.54, 1.807) is 7.11 Å². The number of methoxy groups -OCH3 is 1. The Labute approximate surface area is 119 Å². The number of aromatic nitrogens is 1. The maximum Gasteiger partial charge on any atom is 0.137 e. The second kappa shape index (κ2) is 5.84. The number of anilines is 1. The molecule has 0 spiro atoms. The first kappa shape index (κ1) is 14.2. The molecular weight excluding hydrogens is 258 g/mol. The smallest absolute Gasteiger partial charge is 0.137 e. The second-order valence-corrected chi connectivity index (χ2v) is 5.56. The van der Waals surface area contributed by atoms with E-state index in [4.69, 9.17) is 22.7 Å². The fourth-order valence-electron chi connectivity index (χ4n) is 2.80. The van der Waals surface area contributed by atoms with Gasteiger partial charge in [0.05, 0.1) is 17.7 Å². The summed E-state index contributed by atoms with van der Waals surface area (Å²) in [5.74, 6) is 0.791. The summed E-state index contributed by atoms with van der Waals surface area (Å²) in [6, 6.07) is 2.29. The van der Waals surface area contributed by atoms with E-state index >= 15 is 0 Å². The van der Waals surface area contributed by atoms with Crippen LogP contribution in [0.5, 0.6) is 0 Å². The Bertz CT molecular complexity index is 490. The molecule has 104 valence electrons. The first-order valence-corrected chi connectivity index (χ1v) is 7.01. The van der Waals surface area contributed by atoms with E-state index in [2.05, 4.69) is 10.3 Å². The summed E-state index contributed by atoms with van der Waals surface area (Å²) < 4.78 is 5.50. The lowest BCUT2D eigenvalue weighted by molar-refractivity contribution is 0.101. The van der Waals surface area contributed by atoms with Crippen LogP contribution in [0.1, 0.15) is 36.1 Å². The summed E-state index contributed by atoms with van der Waals surface area (Å²) in [5, 5.41) is 3.47. The molecule has 0 aromatic carbocycles. The van der Waals surface area contributed by atoms with E-state index < -0.39 is 0 Å². The normalized spacial score (nSPS) is 22.5. The largest absolute Gasteiger partial charge is 0.389 e. The third kappa shape index (κ3) is 3.04. The fourth-order valence-corrected chi connectivity index (χ4v) is 3.06. The van der Waals surface area contributed by atoms with Gasteiger partial charge in [-0.3, -0.25) is 0 Å². The number of hydrogen-bond acceptors (Lipinski definition) is 4. The number of nitrogens with two attached hydrogens (primary N) is 1. The predicted molar refractivity (Wildman–Crippen MR) is 81.7 cm³/mol. The highest BCUT2D eigenvalue weighted by Gasteiger charge is 2.28. The third-order valence-corrected chi connectivity index (χ3v) is 3.87. The molecule has 1 heterocycles. The van der Waals surface area contributed by atoms with Crippen molar-refractivity contribution in [2.24, 2.45) is 5.73 Å². The summed E-state index contributed by atoms with van der Waals surface area (Å²) in [5.41, 5.74) is 8.71. The summed E-state index contributed by atoms with van der Waals surface area (Å²) >= 11 is 5.15. The van der Waals surface area contributed by atoms with Crippen molar-refractivity contribution in [3.63, 3.8) is 0 Å². The average molecular weight is 279 g/mol. The Balaban J connectivity index is 2.31. The summed E-state index contributed by atoms with van der Waals surface area (Å²) in [7, 11) is 1.76. The average Bonchev–Trinajstić information content (AvgIpc) is 2.74. The standard InChI is InChI=1S/C14H21N3OS/c1-8-7-9(2)16-14(12(8)13(15)19)17-10-5-4-6-11(10)18-3/h7,10-11H,4-6H2,1-3H3,(H2,15,19)(H,16,17). The van der Waals surface area contributed by atoms with E-state index in [9.17, 15) is 0 Å². The zero-order chi connectivity index (χ0) is 14.0. The highest BCUT2D eigenvalue weighted by Crippen LogP contribution is 2.27. The maximum absolute atomic E-state index is 5.83. The minimum absolute atomic E-state index is 0.238. The van der Waals surface area contributed by atoms with Gasteiger partial charge >= 0.3 is 0 Å². The number of rotatable bonds is 4. The Morgan fingerprint density at radius 1 is 1.47 bits per heavy atom. The number of pyridine rings is 1. The first-order chi connectivity index (χ1) is 9.02. The van der Waals surface area contributed by atoms with Crippen LogP contribution in [0, 0.1) is 13.8 Å². The number of thiocarbonyl (C=S) groups is 1.